The molecule has 1 aromatic carbocycles. The van der Waals surface area contributed by atoms with E-state index in [9.17, 15) is 0 Å². The number of rotatable bonds is 3. The van der Waals surface area contributed by atoms with Crippen LogP contribution in [0.3, 0.4) is 0 Å². The summed E-state index contributed by atoms with van der Waals surface area (Å²) in [5.74, 6) is 0.725. The van der Waals surface area contributed by atoms with Crippen molar-refractivity contribution in [1.29, 1.82) is 0 Å². The summed E-state index contributed by atoms with van der Waals surface area (Å²) < 4.78 is 12.3. The fourth-order valence-electron chi connectivity index (χ4n) is 2.15. The molecule has 0 aliphatic carbocycles. The van der Waals surface area contributed by atoms with E-state index in [0.717, 1.165) is 29.7 Å². The molecule has 1 atom stereocenters. The molecule has 1 heterocycles. The molecule has 1 saturated heterocycles. The highest BCUT2D eigenvalue weighted by molar-refractivity contribution is 9.10. The Morgan fingerprint density at radius 2 is 2.16 bits per heavy atom. The molecule has 4 heteroatoms. The Morgan fingerprint density at radius 1 is 1.42 bits per heavy atom. The van der Waals surface area contributed by atoms with E-state index < -0.39 is 0 Å². The van der Waals surface area contributed by atoms with Gasteiger partial charge in [-0.1, -0.05) is 20.8 Å². The van der Waals surface area contributed by atoms with Gasteiger partial charge in [-0.3, -0.25) is 0 Å². The van der Waals surface area contributed by atoms with Crippen molar-refractivity contribution in [3.8, 4) is 5.75 Å². The molecule has 0 radical (unpaired) electrons. The third-order valence-electron chi connectivity index (χ3n) is 3.38. The highest BCUT2D eigenvalue weighted by Gasteiger charge is 2.20. The second kappa shape index (κ2) is 5.71. The van der Waals surface area contributed by atoms with Gasteiger partial charge in [-0.15, -0.1) is 0 Å². The smallest absolute Gasteiger partial charge is 0.156 e. The first kappa shape index (κ1) is 14.7. The zero-order valence-electron chi connectivity index (χ0n) is 11.8. The van der Waals surface area contributed by atoms with Crippen LogP contribution < -0.4 is 10.5 Å². The lowest BCUT2D eigenvalue weighted by Gasteiger charge is -2.22. The van der Waals surface area contributed by atoms with Gasteiger partial charge in [-0.05, 0) is 51.9 Å². The lowest BCUT2D eigenvalue weighted by atomic mass is 9.87. The van der Waals surface area contributed by atoms with Crippen LogP contribution in [-0.2, 0) is 10.2 Å². The Kier molecular flexibility index (Phi) is 4.41. The van der Waals surface area contributed by atoms with Gasteiger partial charge in [0.1, 0.15) is 6.61 Å². The fourth-order valence-corrected chi connectivity index (χ4v) is 2.74. The molecule has 0 amide bonds. The van der Waals surface area contributed by atoms with E-state index in [1.165, 1.54) is 5.56 Å². The van der Waals surface area contributed by atoms with Gasteiger partial charge in [0.05, 0.1) is 16.3 Å². The Morgan fingerprint density at radius 3 is 2.68 bits per heavy atom. The van der Waals surface area contributed by atoms with E-state index in [1.54, 1.807) is 0 Å². The third-order valence-corrected chi connectivity index (χ3v) is 3.96. The van der Waals surface area contributed by atoms with Crippen molar-refractivity contribution < 1.29 is 9.47 Å². The van der Waals surface area contributed by atoms with E-state index in [1.807, 2.05) is 6.07 Å². The van der Waals surface area contributed by atoms with Gasteiger partial charge >= 0.3 is 0 Å². The zero-order valence-corrected chi connectivity index (χ0v) is 13.4. The number of anilines is 1. The average Bonchev–Trinajstić information content (AvgIpc) is 2.79. The van der Waals surface area contributed by atoms with Crippen LogP contribution in [0, 0.1) is 0 Å². The van der Waals surface area contributed by atoms with Crippen LogP contribution in [-0.4, -0.2) is 19.3 Å². The van der Waals surface area contributed by atoms with Gasteiger partial charge in [-0.25, -0.2) is 0 Å². The predicted molar refractivity (Wildman–Crippen MR) is 81.7 cm³/mol. The first-order valence-corrected chi connectivity index (χ1v) is 7.51. The molecule has 1 aliphatic heterocycles. The van der Waals surface area contributed by atoms with Crippen molar-refractivity contribution >= 4 is 21.6 Å². The predicted octanol–water partition coefficient (Wildman–Crippen LogP) is 3.89. The van der Waals surface area contributed by atoms with E-state index in [2.05, 4.69) is 42.8 Å². The highest BCUT2D eigenvalue weighted by Crippen LogP contribution is 2.37. The van der Waals surface area contributed by atoms with Crippen LogP contribution in [0.1, 0.15) is 39.2 Å². The number of nitrogen functional groups attached to an aromatic ring is 1. The zero-order chi connectivity index (χ0) is 14.0. The maximum atomic E-state index is 6.11. The highest BCUT2D eigenvalue weighted by atomic mass is 79.9. The molecule has 2 N–H and O–H groups in total. The molecule has 19 heavy (non-hydrogen) atoms. The standard InChI is InChI=1S/C15H22BrNO2/c1-15(2,3)10-7-12(16)14(13(17)8-10)19-9-11-5-4-6-18-11/h7-8,11H,4-6,9,17H2,1-3H3. The Hall–Kier alpha value is -0.740. The van der Waals surface area contributed by atoms with Gasteiger partial charge in [-0.2, -0.15) is 0 Å². The maximum Gasteiger partial charge on any atom is 0.156 e. The SMILES string of the molecule is CC(C)(C)c1cc(N)c(OCC2CCCO2)c(Br)c1. The minimum Gasteiger partial charge on any atom is -0.488 e. The summed E-state index contributed by atoms with van der Waals surface area (Å²) >= 11 is 3.55. The number of ether oxygens (including phenoxy) is 2. The van der Waals surface area contributed by atoms with Gasteiger partial charge in [0, 0.05) is 6.61 Å². The summed E-state index contributed by atoms with van der Waals surface area (Å²) in [6, 6.07) is 4.08. The molecular formula is C15H22BrNO2. The number of hydrogen-bond acceptors (Lipinski definition) is 3. The van der Waals surface area contributed by atoms with Crippen LogP contribution >= 0.6 is 15.9 Å². The first-order chi connectivity index (χ1) is 8.88. The van der Waals surface area contributed by atoms with Gasteiger partial charge in [0.15, 0.2) is 5.75 Å². The Bertz CT molecular complexity index is 425. The third kappa shape index (κ3) is 3.63. The summed E-state index contributed by atoms with van der Waals surface area (Å²) in [6.45, 7) is 7.91. The normalized spacial score (nSPS) is 19.7. The second-order valence-electron chi connectivity index (χ2n) is 6.07. The van der Waals surface area contributed by atoms with E-state index in [4.69, 9.17) is 15.2 Å². The Labute approximate surface area is 123 Å². The largest absolute Gasteiger partial charge is 0.488 e. The van der Waals surface area contributed by atoms with Gasteiger partial charge < -0.3 is 15.2 Å². The van der Waals surface area contributed by atoms with Crippen LogP contribution in [0.2, 0.25) is 0 Å². The molecule has 1 fully saturated rings. The van der Waals surface area contributed by atoms with Crippen molar-refractivity contribution in [2.75, 3.05) is 18.9 Å². The quantitative estimate of drug-likeness (QED) is 0.856. The molecule has 106 valence electrons. The first-order valence-electron chi connectivity index (χ1n) is 6.72. The van der Waals surface area contributed by atoms with Crippen molar-refractivity contribution in [1.82, 2.24) is 0 Å². The molecule has 2 rings (SSSR count). The van der Waals surface area contributed by atoms with E-state index in [-0.39, 0.29) is 11.5 Å². The molecule has 0 saturated carbocycles. The second-order valence-corrected chi connectivity index (χ2v) is 6.93. The number of halogens is 1. The van der Waals surface area contributed by atoms with Gasteiger partial charge in [0.2, 0.25) is 0 Å². The summed E-state index contributed by atoms with van der Waals surface area (Å²) in [4.78, 5) is 0. The molecule has 0 aromatic heterocycles. The molecule has 3 nitrogen and oxygen atoms in total. The van der Waals surface area contributed by atoms with Crippen molar-refractivity contribution in [2.45, 2.75) is 45.1 Å². The molecular weight excluding hydrogens is 306 g/mol. The maximum absolute atomic E-state index is 6.11. The summed E-state index contributed by atoms with van der Waals surface area (Å²) in [5.41, 5.74) is 8.05. The number of benzene rings is 1. The molecule has 1 aromatic rings. The van der Waals surface area contributed by atoms with Crippen molar-refractivity contribution in [3.05, 3.63) is 22.2 Å². The molecule has 1 aliphatic rings. The van der Waals surface area contributed by atoms with Crippen molar-refractivity contribution in [3.63, 3.8) is 0 Å². The topological polar surface area (TPSA) is 44.5 Å². The summed E-state index contributed by atoms with van der Waals surface area (Å²) in [5, 5.41) is 0. The lowest BCUT2D eigenvalue weighted by Crippen LogP contribution is -2.17. The number of hydrogen-bond donors (Lipinski definition) is 1. The number of nitrogens with two attached hydrogens (primary N) is 1. The van der Waals surface area contributed by atoms with E-state index >= 15 is 0 Å². The van der Waals surface area contributed by atoms with Crippen LogP contribution in [0.15, 0.2) is 16.6 Å². The monoisotopic (exact) mass is 327 g/mol. The fraction of sp³-hybridized carbons (Fsp3) is 0.600. The molecule has 1 unspecified atom stereocenters. The van der Waals surface area contributed by atoms with Crippen LogP contribution in [0.4, 0.5) is 5.69 Å². The molecule has 0 bridgehead atoms. The van der Waals surface area contributed by atoms with Crippen LogP contribution in [0.25, 0.3) is 0 Å². The average molecular weight is 328 g/mol. The minimum absolute atomic E-state index is 0.0731. The minimum atomic E-state index is 0.0731. The van der Waals surface area contributed by atoms with Gasteiger partial charge in [0.25, 0.3) is 0 Å². The Balaban J connectivity index is 2.12. The summed E-state index contributed by atoms with van der Waals surface area (Å²) in [6.07, 6.45) is 2.39. The van der Waals surface area contributed by atoms with Crippen LogP contribution in [0.5, 0.6) is 5.75 Å². The molecule has 0 spiro atoms. The summed E-state index contributed by atoms with van der Waals surface area (Å²) in [7, 11) is 0. The van der Waals surface area contributed by atoms with Crippen molar-refractivity contribution in [2.24, 2.45) is 0 Å². The van der Waals surface area contributed by atoms with E-state index in [0.29, 0.717) is 12.3 Å². The lowest BCUT2D eigenvalue weighted by molar-refractivity contribution is 0.0679.